The zero-order valence-electron chi connectivity index (χ0n) is 10.7. The molecule has 0 atom stereocenters. The third-order valence-corrected chi connectivity index (χ3v) is 3.81. The van der Waals surface area contributed by atoms with E-state index in [2.05, 4.69) is 37.0 Å². The van der Waals surface area contributed by atoms with Crippen LogP contribution in [0.2, 0.25) is 0 Å². The molecule has 0 bridgehead atoms. The van der Waals surface area contributed by atoms with Crippen molar-refractivity contribution in [2.75, 3.05) is 11.3 Å². The van der Waals surface area contributed by atoms with Crippen LogP contribution in [0.5, 0.6) is 0 Å². The van der Waals surface area contributed by atoms with Gasteiger partial charge in [-0.1, -0.05) is 44.0 Å². The summed E-state index contributed by atoms with van der Waals surface area (Å²) in [5, 5.41) is 1.05. The van der Waals surface area contributed by atoms with E-state index in [0.717, 1.165) is 10.6 Å². The summed E-state index contributed by atoms with van der Waals surface area (Å²) in [5.74, 6) is 0. The Morgan fingerprint density at radius 3 is 2.44 bits per heavy atom. The van der Waals surface area contributed by atoms with E-state index in [9.17, 15) is 0 Å². The van der Waals surface area contributed by atoms with Crippen molar-refractivity contribution in [1.82, 2.24) is 4.98 Å². The van der Waals surface area contributed by atoms with Gasteiger partial charge in [0, 0.05) is 27.9 Å². The maximum Gasteiger partial charge on any atom is 0.0436 e. The first-order chi connectivity index (χ1) is 8.79. The molecule has 1 aromatic heterocycles. The number of pyridine rings is 1. The normalized spacial score (nSPS) is 9.94. The fourth-order valence-corrected chi connectivity index (χ4v) is 2.42. The predicted octanol–water partition coefficient (Wildman–Crippen LogP) is 5.02. The van der Waals surface area contributed by atoms with Crippen molar-refractivity contribution in [2.45, 2.75) is 0 Å². The molecule has 1 aromatic rings. The van der Waals surface area contributed by atoms with Gasteiger partial charge in [-0.15, -0.1) is 11.8 Å². The van der Waals surface area contributed by atoms with Crippen LogP contribution in [0.25, 0.3) is 4.91 Å². The lowest BCUT2D eigenvalue weighted by Gasteiger charge is -2.04. The van der Waals surface area contributed by atoms with E-state index in [1.807, 2.05) is 47.9 Å². The van der Waals surface area contributed by atoms with Gasteiger partial charge in [0.05, 0.1) is 0 Å². The lowest BCUT2D eigenvalue weighted by atomic mass is 10.2. The Kier molecular flexibility index (Phi) is 11.5. The Hall–Kier alpha value is -1.19. The highest BCUT2D eigenvalue weighted by molar-refractivity contribution is 8.20. The fraction of sp³-hybridized carbons (Fsp3) is 0.133. The van der Waals surface area contributed by atoms with Crippen LogP contribution in [0.1, 0.15) is 5.56 Å². The lowest BCUT2D eigenvalue weighted by Crippen LogP contribution is -1.81. The van der Waals surface area contributed by atoms with Crippen LogP contribution in [0, 0.1) is 0 Å². The number of hydrogen-bond donors (Lipinski definition) is 0. The van der Waals surface area contributed by atoms with Crippen molar-refractivity contribution in [3.63, 3.8) is 0 Å². The Bertz CT molecular complexity index is 377. The molecule has 0 radical (unpaired) electrons. The average Bonchev–Trinajstić information content (AvgIpc) is 2.44. The Balaban J connectivity index is 0.000000631. The first-order valence-electron chi connectivity index (χ1n) is 5.38. The van der Waals surface area contributed by atoms with Crippen molar-refractivity contribution in [2.24, 2.45) is 0 Å². The van der Waals surface area contributed by atoms with E-state index >= 15 is 0 Å². The molecule has 0 aliphatic heterocycles. The monoisotopic (exact) mass is 277 g/mol. The molecular weight excluding hydrogens is 258 g/mol. The Morgan fingerprint density at radius 1 is 1.28 bits per heavy atom. The third kappa shape index (κ3) is 7.98. The minimum atomic E-state index is 1.05. The molecule has 96 valence electrons. The van der Waals surface area contributed by atoms with Gasteiger partial charge in [0.15, 0.2) is 0 Å². The SMILES string of the molecule is C=C/C=C(\SCSC)c1cccnc1.C=CC=C. The third-order valence-electron chi connectivity index (χ3n) is 1.71. The van der Waals surface area contributed by atoms with E-state index in [1.54, 1.807) is 18.3 Å². The summed E-state index contributed by atoms with van der Waals surface area (Å²) in [5.41, 5.74) is 1.16. The Morgan fingerprint density at radius 2 is 2.00 bits per heavy atom. The summed E-state index contributed by atoms with van der Waals surface area (Å²) in [4.78, 5) is 5.33. The highest BCUT2D eigenvalue weighted by atomic mass is 32.2. The van der Waals surface area contributed by atoms with Crippen LogP contribution in [-0.2, 0) is 0 Å². The summed E-state index contributed by atoms with van der Waals surface area (Å²) < 4.78 is 0. The molecule has 0 spiro atoms. The number of thioether (sulfide) groups is 2. The zero-order chi connectivity index (χ0) is 13.6. The van der Waals surface area contributed by atoms with Gasteiger partial charge in [-0.3, -0.25) is 4.98 Å². The van der Waals surface area contributed by atoms with Gasteiger partial charge in [0.2, 0.25) is 0 Å². The summed E-state index contributed by atoms with van der Waals surface area (Å²) in [6, 6.07) is 4.02. The largest absolute Gasteiger partial charge is 0.264 e. The summed E-state index contributed by atoms with van der Waals surface area (Å²) >= 11 is 3.63. The van der Waals surface area contributed by atoms with Gasteiger partial charge >= 0.3 is 0 Å². The van der Waals surface area contributed by atoms with Crippen molar-refractivity contribution in [1.29, 1.82) is 0 Å². The molecule has 0 fully saturated rings. The van der Waals surface area contributed by atoms with Crippen molar-refractivity contribution in [3.8, 4) is 0 Å². The molecule has 1 nitrogen and oxygen atoms in total. The van der Waals surface area contributed by atoms with Gasteiger partial charge in [-0.05, 0) is 18.4 Å². The predicted molar refractivity (Wildman–Crippen MR) is 88.8 cm³/mol. The lowest BCUT2D eigenvalue weighted by molar-refractivity contribution is 1.32. The van der Waals surface area contributed by atoms with Crippen LogP contribution < -0.4 is 0 Å². The van der Waals surface area contributed by atoms with Crippen LogP contribution in [0.4, 0.5) is 0 Å². The molecule has 3 heteroatoms. The standard InChI is InChI=1S/C11H13NS2.C4H6/c1-3-5-11(14-9-13-2)10-6-4-7-12-8-10;1-3-4-2/h3-8H,1,9H2,2H3;3-4H,1-2H2/b11-5-;. The van der Waals surface area contributed by atoms with Gasteiger partial charge in [-0.25, -0.2) is 0 Å². The van der Waals surface area contributed by atoms with Crippen LogP contribution >= 0.6 is 23.5 Å². The summed E-state index contributed by atoms with van der Waals surface area (Å²) in [7, 11) is 0. The molecule has 0 unspecified atom stereocenters. The molecule has 0 saturated heterocycles. The first-order valence-corrected chi connectivity index (χ1v) is 7.76. The molecule has 0 amide bonds. The number of allylic oxidation sites excluding steroid dienone is 4. The van der Waals surface area contributed by atoms with E-state index < -0.39 is 0 Å². The minimum absolute atomic E-state index is 1.05. The molecule has 0 saturated carbocycles. The van der Waals surface area contributed by atoms with Gasteiger partial charge in [0.1, 0.15) is 0 Å². The van der Waals surface area contributed by atoms with Crippen LogP contribution in [0.15, 0.2) is 68.6 Å². The minimum Gasteiger partial charge on any atom is -0.264 e. The van der Waals surface area contributed by atoms with Gasteiger partial charge in [-0.2, -0.15) is 11.8 Å². The fourth-order valence-electron chi connectivity index (χ4n) is 0.966. The van der Waals surface area contributed by atoms with Crippen LogP contribution in [0.3, 0.4) is 0 Å². The number of rotatable bonds is 6. The number of hydrogen-bond acceptors (Lipinski definition) is 3. The quantitative estimate of drug-likeness (QED) is 0.535. The van der Waals surface area contributed by atoms with E-state index in [1.165, 1.54) is 4.91 Å². The molecule has 0 N–H and O–H groups in total. The molecule has 0 aliphatic rings. The van der Waals surface area contributed by atoms with E-state index in [-0.39, 0.29) is 0 Å². The maximum absolute atomic E-state index is 4.10. The summed E-state index contributed by atoms with van der Waals surface area (Å²) in [6.45, 7) is 10.4. The van der Waals surface area contributed by atoms with E-state index in [4.69, 9.17) is 0 Å². The summed E-state index contributed by atoms with van der Waals surface area (Å²) in [6.07, 6.45) is 12.9. The maximum atomic E-state index is 4.10. The molecular formula is C15H19NS2. The molecule has 1 heterocycles. The highest BCUT2D eigenvalue weighted by Gasteiger charge is 2.00. The second-order valence-corrected chi connectivity index (χ2v) is 5.28. The van der Waals surface area contributed by atoms with Crippen molar-refractivity contribution < 1.29 is 0 Å². The smallest absolute Gasteiger partial charge is 0.0436 e. The molecule has 18 heavy (non-hydrogen) atoms. The first kappa shape index (κ1) is 16.8. The molecule has 1 rings (SSSR count). The molecule has 0 aromatic carbocycles. The molecule has 0 aliphatic carbocycles. The number of aromatic nitrogens is 1. The van der Waals surface area contributed by atoms with E-state index in [0.29, 0.717) is 0 Å². The Labute approximate surface area is 119 Å². The van der Waals surface area contributed by atoms with Crippen LogP contribution in [-0.4, -0.2) is 16.3 Å². The zero-order valence-corrected chi connectivity index (χ0v) is 12.3. The number of nitrogens with zero attached hydrogens (tertiary/aromatic N) is 1. The second-order valence-electron chi connectivity index (χ2n) is 3.03. The van der Waals surface area contributed by atoms with Gasteiger partial charge in [0.25, 0.3) is 0 Å². The van der Waals surface area contributed by atoms with Crippen molar-refractivity contribution >= 4 is 28.4 Å². The van der Waals surface area contributed by atoms with Crippen molar-refractivity contribution in [3.05, 3.63) is 74.1 Å². The highest BCUT2D eigenvalue weighted by Crippen LogP contribution is 2.28. The second kappa shape index (κ2) is 12.3. The van der Waals surface area contributed by atoms with Gasteiger partial charge < -0.3 is 0 Å². The topological polar surface area (TPSA) is 12.9 Å². The average molecular weight is 277 g/mol.